The number of carbonyl (C=O) groups is 2. The van der Waals surface area contributed by atoms with E-state index in [1.807, 2.05) is 0 Å². The van der Waals surface area contributed by atoms with E-state index < -0.39 is 11.7 Å². The van der Waals surface area contributed by atoms with Crippen LogP contribution in [-0.2, 0) is 16.1 Å². The lowest BCUT2D eigenvalue weighted by molar-refractivity contribution is -0.139. The molecular formula is C16H22N2O4S. The Bertz CT molecular complexity index is 703. The van der Waals surface area contributed by atoms with Crippen molar-refractivity contribution in [3.63, 3.8) is 0 Å². The zero-order valence-electron chi connectivity index (χ0n) is 13.5. The van der Waals surface area contributed by atoms with Crippen LogP contribution in [0.25, 0.3) is 0 Å². The van der Waals surface area contributed by atoms with Gasteiger partial charge < -0.3 is 4.74 Å². The van der Waals surface area contributed by atoms with Gasteiger partial charge in [-0.3, -0.25) is 9.36 Å². The van der Waals surface area contributed by atoms with Gasteiger partial charge in [-0.1, -0.05) is 18.8 Å². The van der Waals surface area contributed by atoms with Crippen molar-refractivity contribution in [2.24, 2.45) is 0 Å². The van der Waals surface area contributed by atoms with Crippen LogP contribution in [0.3, 0.4) is 0 Å². The summed E-state index contributed by atoms with van der Waals surface area (Å²) in [4.78, 5) is 35.4. The summed E-state index contributed by atoms with van der Waals surface area (Å²) in [7, 11) is 0. The molecule has 0 amide bonds. The topological polar surface area (TPSA) is 70.3 Å². The van der Waals surface area contributed by atoms with Crippen molar-refractivity contribution < 1.29 is 14.3 Å². The Morgan fingerprint density at radius 1 is 1.30 bits per heavy atom. The van der Waals surface area contributed by atoms with Gasteiger partial charge in [-0.15, -0.1) is 0 Å². The molecule has 1 heterocycles. The van der Waals surface area contributed by atoms with Crippen LogP contribution in [0.2, 0.25) is 0 Å². The molecule has 1 aromatic rings. The molecule has 0 aliphatic carbocycles. The lowest BCUT2D eigenvalue weighted by atomic mass is 10.2. The zero-order valence-corrected chi connectivity index (χ0v) is 14.4. The SMILES string of the molecule is C=C(C)C(=O)OCCCCCC(=O)n1ccc(=S)n(CC)c1=O. The maximum Gasteiger partial charge on any atom is 0.335 e. The highest BCUT2D eigenvalue weighted by Crippen LogP contribution is 2.03. The first-order valence-corrected chi connectivity index (χ1v) is 7.97. The van der Waals surface area contributed by atoms with Gasteiger partial charge in [0, 0.05) is 24.7 Å². The fraction of sp³-hybridized carbons (Fsp3) is 0.500. The molecule has 0 bridgehead atoms. The summed E-state index contributed by atoms with van der Waals surface area (Å²) in [5, 5.41) is 0. The number of rotatable bonds is 8. The van der Waals surface area contributed by atoms with Gasteiger partial charge in [0.25, 0.3) is 0 Å². The minimum atomic E-state index is -0.402. The van der Waals surface area contributed by atoms with Gasteiger partial charge >= 0.3 is 11.7 Å². The zero-order chi connectivity index (χ0) is 17.4. The predicted octanol–water partition coefficient (Wildman–Crippen LogP) is 2.72. The van der Waals surface area contributed by atoms with Crippen LogP contribution in [0, 0.1) is 4.64 Å². The summed E-state index contributed by atoms with van der Waals surface area (Å²) in [5.41, 5.74) is -0.0330. The van der Waals surface area contributed by atoms with E-state index >= 15 is 0 Å². The molecule has 126 valence electrons. The highest BCUT2D eigenvalue weighted by Gasteiger charge is 2.09. The first kappa shape index (κ1) is 19.0. The van der Waals surface area contributed by atoms with Gasteiger partial charge in [-0.2, -0.15) is 0 Å². The van der Waals surface area contributed by atoms with E-state index in [1.165, 1.54) is 10.8 Å². The van der Waals surface area contributed by atoms with Crippen molar-refractivity contribution in [1.29, 1.82) is 0 Å². The van der Waals surface area contributed by atoms with E-state index in [-0.39, 0.29) is 12.3 Å². The molecule has 0 radical (unpaired) electrons. The summed E-state index contributed by atoms with van der Waals surface area (Å²) in [6.45, 7) is 7.63. The lowest BCUT2D eigenvalue weighted by Gasteiger charge is -2.08. The van der Waals surface area contributed by atoms with Crippen LogP contribution >= 0.6 is 12.2 Å². The van der Waals surface area contributed by atoms with Gasteiger partial charge in [0.05, 0.1) is 6.61 Å². The quantitative estimate of drug-likeness (QED) is 0.315. The molecule has 0 aromatic carbocycles. The van der Waals surface area contributed by atoms with Gasteiger partial charge in [0.15, 0.2) is 0 Å². The van der Waals surface area contributed by atoms with Gasteiger partial charge in [0.1, 0.15) is 4.64 Å². The molecule has 0 unspecified atom stereocenters. The van der Waals surface area contributed by atoms with Gasteiger partial charge in [-0.25, -0.2) is 14.2 Å². The second-order valence-corrected chi connectivity index (χ2v) is 5.59. The highest BCUT2D eigenvalue weighted by atomic mass is 32.1. The molecule has 0 atom stereocenters. The van der Waals surface area contributed by atoms with E-state index in [2.05, 4.69) is 6.58 Å². The number of hydrogen-bond acceptors (Lipinski definition) is 5. The third-order valence-electron chi connectivity index (χ3n) is 3.27. The number of hydrogen-bond donors (Lipinski definition) is 0. The Labute approximate surface area is 140 Å². The predicted molar refractivity (Wildman–Crippen MR) is 90.1 cm³/mol. The fourth-order valence-electron chi connectivity index (χ4n) is 1.96. The van der Waals surface area contributed by atoms with Crippen molar-refractivity contribution in [3.8, 4) is 0 Å². The van der Waals surface area contributed by atoms with Crippen LogP contribution in [0.4, 0.5) is 0 Å². The van der Waals surface area contributed by atoms with E-state index in [0.29, 0.717) is 36.2 Å². The van der Waals surface area contributed by atoms with Crippen molar-refractivity contribution >= 4 is 24.1 Å². The highest BCUT2D eigenvalue weighted by molar-refractivity contribution is 7.71. The largest absolute Gasteiger partial charge is 0.462 e. The smallest absolute Gasteiger partial charge is 0.335 e. The fourth-order valence-corrected chi connectivity index (χ4v) is 2.23. The first-order valence-electron chi connectivity index (χ1n) is 7.56. The monoisotopic (exact) mass is 338 g/mol. The maximum absolute atomic E-state index is 12.1. The molecule has 7 heteroatoms. The minimum absolute atomic E-state index is 0.258. The van der Waals surface area contributed by atoms with Crippen molar-refractivity contribution in [2.45, 2.75) is 46.1 Å². The Kier molecular flexibility index (Phi) is 7.61. The van der Waals surface area contributed by atoms with Crippen molar-refractivity contribution in [1.82, 2.24) is 9.13 Å². The van der Waals surface area contributed by atoms with E-state index in [0.717, 1.165) is 11.0 Å². The number of aromatic nitrogens is 2. The molecule has 1 rings (SSSR count). The maximum atomic E-state index is 12.1. The molecule has 1 aromatic heterocycles. The van der Waals surface area contributed by atoms with E-state index in [4.69, 9.17) is 17.0 Å². The molecule has 0 spiro atoms. The molecule has 0 aliphatic rings. The number of carbonyl (C=O) groups excluding carboxylic acids is 2. The van der Waals surface area contributed by atoms with Crippen LogP contribution in [-0.4, -0.2) is 27.6 Å². The van der Waals surface area contributed by atoms with Crippen LogP contribution in [0.1, 0.15) is 44.3 Å². The number of unbranched alkanes of at least 4 members (excludes halogenated alkanes) is 2. The van der Waals surface area contributed by atoms with Crippen LogP contribution in [0.15, 0.2) is 29.2 Å². The third-order valence-corrected chi connectivity index (χ3v) is 3.63. The number of ether oxygens (including phenoxy) is 1. The molecule has 0 N–H and O–H groups in total. The molecule has 0 aliphatic heterocycles. The van der Waals surface area contributed by atoms with Crippen molar-refractivity contribution in [2.75, 3.05) is 6.61 Å². The van der Waals surface area contributed by atoms with E-state index in [1.54, 1.807) is 19.9 Å². The summed E-state index contributed by atoms with van der Waals surface area (Å²) < 4.78 is 7.86. The Balaban J connectivity index is 2.44. The Morgan fingerprint density at radius 2 is 2.00 bits per heavy atom. The average molecular weight is 338 g/mol. The molecule has 0 fully saturated rings. The summed E-state index contributed by atoms with van der Waals surface area (Å²) in [5.74, 6) is -0.660. The summed E-state index contributed by atoms with van der Waals surface area (Å²) >= 11 is 5.05. The summed E-state index contributed by atoms with van der Waals surface area (Å²) in [6.07, 6.45) is 3.71. The Morgan fingerprint density at radius 3 is 2.61 bits per heavy atom. The van der Waals surface area contributed by atoms with E-state index in [9.17, 15) is 14.4 Å². The van der Waals surface area contributed by atoms with Gasteiger partial charge in [0.2, 0.25) is 5.91 Å². The van der Waals surface area contributed by atoms with Crippen LogP contribution in [0.5, 0.6) is 0 Å². The second-order valence-electron chi connectivity index (χ2n) is 5.17. The lowest BCUT2D eigenvalue weighted by Crippen LogP contribution is -2.34. The Hall–Kier alpha value is -2.02. The molecule has 23 heavy (non-hydrogen) atoms. The van der Waals surface area contributed by atoms with Gasteiger partial charge in [-0.05, 0) is 39.2 Å². The number of esters is 1. The molecule has 6 nitrogen and oxygen atoms in total. The van der Waals surface area contributed by atoms with Crippen LogP contribution < -0.4 is 5.69 Å². The third kappa shape index (κ3) is 5.59. The standard InChI is InChI=1S/C16H22N2O4S/c1-4-17-14(23)9-10-18(16(17)21)13(19)8-6-5-7-11-22-15(20)12(2)3/h9-10H,2,4-8,11H2,1,3H3. The molecular weight excluding hydrogens is 316 g/mol. The average Bonchev–Trinajstić information content (AvgIpc) is 2.50. The second kappa shape index (κ2) is 9.19. The minimum Gasteiger partial charge on any atom is -0.462 e. The first-order chi connectivity index (χ1) is 10.9. The number of nitrogens with zero attached hydrogens (tertiary/aromatic N) is 2. The molecule has 0 saturated heterocycles. The normalized spacial score (nSPS) is 10.3. The summed E-state index contributed by atoms with van der Waals surface area (Å²) in [6, 6.07) is 1.58. The van der Waals surface area contributed by atoms with Crippen molar-refractivity contribution in [3.05, 3.63) is 39.5 Å². The molecule has 0 saturated carbocycles.